The molecule has 2 aromatic rings. The molecule has 1 fully saturated rings. The van der Waals surface area contributed by atoms with E-state index in [9.17, 15) is 13.6 Å². The lowest BCUT2D eigenvalue weighted by Gasteiger charge is -2.28. The molecular weight excluding hydrogens is 434 g/mol. The van der Waals surface area contributed by atoms with Crippen LogP contribution in [-0.4, -0.2) is 12.6 Å². The van der Waals surface area contributed by atoms with E-state index in [0.29, 0.717) is 30.3 Å². The number of rotatable bonds is 12. The molecule has 2 aromatic carbocycles. The van der Waals surface area contributed by atoms with E-state index in [4.69, 9.17) is 9.47 Å². The lowest BCUT2D eigenvalue weighted by Crippen LogP contribution is -2.15. The number of esters is 1. The first-order valence-corrected chi connectivity index (χ1v) is 12.9. The van der Waals surface area contributed by atoms with Gasteiger partial charge in [0.05, 0.1) is 12.2 Å². The highest BCUT2D eigenvalue weighted by atomic mass is 19.2. The molecule has 0 N–H and O–H groups in total. The van der Waals surface area contributed by atoms with E-state index in [-0.39, 0.29) is 11.3 Å². The Hall–Kier alpha value is -2.43. The Morgan fingerprint density at radius 1 is 0.853 bits per heavy atom. The Bertz CT molecular complexity index is 902. The van der Waals surface area contributed by atoms with Crippen LogP contribution < -0.4 is 9.47 Å². The predicted molar refractivity (Wildman–Crippen MR) is 131 cm³/mol. The summed E-state index contributed by atoms with van der Waals surface area (Å²) in [4.78, 5) is 12.4. The number of unbranched alkanes of at least 4 members (excludes halogenated alkanes) is 2. The third kappa shape index (κ3) is 7.54. The van der Waals surface area contributed by atoms with Crippen molar-refractivity contribution in [2.24, 2.45) is 11.8 Å². The minimum absolute atomic E-state index is 0.253. The molecule has 0 atom stereocenters. The van der Waals surface area contributed by atoms with Crippen LogP contribution in [0.25, 0.3) is 0 Å². The molecule has 3 nitrogen and oxygen atoms in total. The highest BCUT2D eigenvalue weighted by Crippen LogP contribution is 2.34. The molecule has 0 aliphatic heterocycles. The molecule has 5 heteroatoms. The van der Waals surface area contributed by atoms with Gasteiger partial charge in [-0.3, -0.25) is 0 Å². The normalized spacial score (nSPS) is 18.0. The van der Waals surface area contributed by atoms with Crippen LogP contribution in [0.15, 0.2) is 36.4 Å². The lowest BCUT2D eigenvalue weighted by molar-refractivity contribution is 0.0726. The van der Waals surface area contributed by atoms with Crippen molar-refractivity contribution in [2.45, 2.75) is 84.5 Å². The topological polar surface area (TPSA) is 35.5 Å². The maximum atomic E-state index is 14.7. The van der Waals surface area contributed by atoms with Crippen LogP contribution in [0.1, 0.15) is 94.0 Å². The highest BCUT2D eigenvalue weighted by molar-refractivity contribution is 5.91. The second-order valence-corrected chi connectivity index (χ2v) is 9.53. The molecule has 0 heterocycles. The van der Waals surface area contributed by atoms with Gasteiger partial charge in [-0.2, -0.15) is 4.39 Å². The maximum absolute atomic E-state index is 14.7. The number of hydrogen-bond acceptors (Lipinski definition) is 3. The quantitative estimate of drug-likeness (QED) is 0.177. The zero-order valence-electron chi connectivity index (χ0n) is 20.6. The van der Waals surface area contributed by atoms with Gasteiger partial charge in [-0.15, -0.1) is 0 Å². The van der Waals surface area contributed by atoms with E-state index >= 15 is 0 Å². The summed E-state index contributed by atoms with van der Waals surface area (Å²) in [5.74, 6) is -1.06. The van der Waals surface area contributed by atoms with Crippen LogP contribution >= 0.6 is 0 Å². The number of carbonyl (C=O) groups excluding carboxylic acids is 1. The Morgan fingerprint density at radius 3 is 2.18 bits per heavy atom. The van der Waals surface area contributed by atoms with E-state index in [0.717, 1.165) is 31.6 Å². The molecule has 34 heavy (non-hydrogen) atoms. The Balaban J connectivity index is 1.51. The Labute approximate surface area is 202 Å². The third-order valence-corrected chi connectivity index (χ3v) is 6.92. The third-order valence-electron chi connectivity index (χ3n) is 6.92. The fraction of sp³-hybridized carbons (Fsp3) is 0.552. The summed E-state index contributed by atoms with van der Waals surface area (Å²) in [5.41, 5.74) is 0.598. The molecule has 186 valence electrons. The summed E-state index contributed by atoms with van der Waals surface area (Å²) in [5, 5.41) is 0. The van der Waals surface area contributed by atoms with E-state index < -0.39 is 17.6 Å². The standard InChI is InChI=1S/C29H38F2O3/c1-3-5-6-20-33-25-17-14-24(15-18-25)29(32)34-26-19-16-23(27(30)28(26)31)13-12-22-10-8-21(7-4-2)9-11-22/h14-19,21-22H,3-13,20H2,1-2H3. The van der Waals surface area contributed by atoms with Crippen molar-refractivity contribution in [1.29, 1.82) is 0 Å². The zero-order valence-corrected chi connectivity index (χ0v) is 20.6. The average Bonchev–Trinajstić information content (AvgIpc) is 2.85. The first-order chi connectivity index (χ1) is 16.5. The molecule has 0 amide bonds. The van der Waals surface area contributed by atoms with Crippen LogP contribution in [0.4, 0.5) is 8.78 Å². The highest BCUT2D eigenvalue weighted by Gasteiger charge is 2.22. The van der Waals surface area contributed by atoms with Crippen molar-refractivity contribution < 1.29 is 23.0 Å². The van der Waals surface area contributed by atoms with Gasteiger partial charge in [-0.05, 0) is 67.0 Å². The van der Waals surface area contributed by atoms with Crippen molar-refractivity contribution in [3.63, 3.8) is 0 Å². The smallest absolute Gasteiger partial charge is 0.343 e. The molecule has 0 bridgehead atoms. The van der Waals surface area contributed by atoms with Gasteiger partial charge in [-0.1, -0.05) is 71.3 Å². The van der Waals surface area contributed by atoms with Gasteiger partial charge in [0, 0.05) is 0 Å². The van der Waals surface area contributed by atoms with Gasteiger partial charge in [0.2, 0.25) is 5.82 Å². The first-order valence-electron chi connectivity index (χ1n) is 12.9. The van der Waals surface area contributed by atoms with E-state index in [2.05, 4.69) is 13.8 Å². The predicted octanol–water partition coefficient (Wildman–Crippen LogP) is 8.29. The Kier molecular flexibility index (Phi) is 10.4. The van der Waals surface area contributed by atoms with Crippen LogP contribution in [0.3, 0.4) is 0 Å². The summed E-state index contributed by atoms with van der Waals surface area (Å²) in [7, 11) is 0. The summed E-state index contributed by atoms with van der Waals surface area (Å²) in [6.45, 7) is 4.97. The monoisotopic (exact) mass is 472 g/mol. The number of benzene rings is 2. The zero-order chi connectivity index (χ0) is 24.3. The second kappa shape index (κ2) is 13.5. The lowest BCUT2D eigenvalue weighted by atomic mass is 9.78. The van der Waals surface area contributed by atoms with Crippen LogP contribution in [0.2, 0.25) is 0 Å². The van der Waals surface area contributed by atoms with Crippen LogP contribution in [0, 0.1) is 23.5 Å². The SMILES string of the molecule is CCCCCOc1ccc(C(=O)Oc2ccc(CCC3CCC(CCC)CC3)c(F)c2F)cc1. The molecule has 0 saturated heterocycles. The number of aryl methyl sites for hydroxylation is 1. The molecule has 3 rings (SSSR count). The average molecular weight is 473 g/mol. The van der Waals surface area contributed by atoms with E-state index in [1.807, 2.05) is 0 Å². The van der Waals surface area contributed by atoms with Crippen LogP contribution in [-0.2, 0) is 6.42 Å². The number of hydrogen-bond donors (Lipinski definition) is 0. The Morgan fingerprint density at radius 2 is 1.53 bits per heavy atom. The molecule has 0 aromatic heterocycles. The summed E-state index contributed by atoms with van der Waals surface area (Å²) in [6.07, 6.45) is 11.9. The fourth-order valence-corrected chi connectivity index (χ4v) is 4.81. The largest absolute Gasteiger partial charge is 0.494 e. The van der Waals surface area contributed by atoms with E-state index in [1.165, 1.54) is 50.7 Å². The minimum atomic E-state index is -1.10. The van der Waals surface area contributed by atoms with Crippen molar-refractivity contribution in [3.8, 4) is 11.5 Å². The molecule has 1 aliphatic rings. The number of ether oxygens (including phenoxy) is 2. The maximum Gasteiger partial charge on any atom is 0.343 e. The minimum Gasteiger partial charge on any atom is -0.494 e. The van der Waals surface area contributed by atoms with Gasteiger partial charge in [0.25, 0.3) is 0 Å². The second-order valence-electron chi connectivity index (χ2n) is 9.53. The van der Waals surface area contributed by atoms with Crippen molar-refractivity contribution in [3.05, 3.63) is 59.2 Å². The van der Waals surface area contributed by atoms with Gasteiger partial charge in [-0.25, -0.2) is 9.18 Å². The molecule has 0 radical (unpaired) electrons. The van der Waals surface area contributed by atoms with Crippen molar-refractivity contribution in [1.82, 2.24) is 0 Å². The van der Waals surface area contributed by atoms with Gasteiger partial charge < -0.3 is 9.47 Å². The van der Waals surface area contributed by atoms with Gasteiger partial charge >= 0.3 is 5.97 Å². The van der Waals surface area contributed by atoms with Crippen molar-refractivity contribution in [2.75, 3.05) is 6.61 Å². The number of halogens is 2. The van der Waals surface area contributed by atoms with Crippen molar-refractivity contribution >= 4 is 5.97 Å². The van der Waals surface area contributed by atoms with Gasteiger partial charge in [0.1, 0.15) is 5.75 Å². The first kappa shape index (κ1) is 26.2. The number of carbonyl (C=O) groups is 1. The molecular formula is C29H38F2O3. The van der Waals surface area contributed by atoms with Crippen LogP contribution in [0.5, 0.6) is 11.5 Å². The molecule has 0 unspecified atom stereocenters. The summed E-state index contributed by atoms with van der Waals surface area (Å²) < 4.78 is 40.1. The molecule has 0 spiro atoms. The fourth-order valence-electron chi connectivity index (χ4n) is 4.81. The van der Waals surface area contributed by atoms with E-state index in [1.54, 1.807) is 24.3 Å². The van der Waals surface area contributed by atoms with Gasteiger partial charge in [0.15, 0.2) is 11.6 Å². The summed E-state index contributed by atoms with van der Waals surface area (Å²) in [6, 6.07) is 9.38. The molecule has 1 aliphatic carbocycles. The molecule has 1 saturated carbocycles. The summed E-state index contributed by atoms with van der Waals surface area (Å²) >= 11 is 0.